The molecule has 7 heteroatoms. The highest BCUT2D eigenvalue weighted by Gasteiger charge is 2.45. The van der Waals surface area contributed by atoms with Gasteiger partial charge in [0.25, 0.3) is 0 Å². The van der Waals surface area contributed by atoms with Gasteiger partial charge in [-0.2, -0.15) is 0 Å². The molecular formula is C12H15FO5S. The third-order valence-electron chi connectivity index (χ3n) is 2.80. The molecule has 5 nitrogen and oxygen atoms in total. The Balaban J connectivity index is 2.37. The van der Waals surface area contributed by atoms with Crippen molar-refractivity contribution in [2.45, 2.75) is 11.9 Å². The van der Waals surface area contributed by atoms with Crippen LogP contribution in [-0.2, 0) is 25.1 Å². The third-order valence-corrected chi connectivity index (χ3v) is 3.70. The average Bonchev–Trinajstić information content (AvgIpc) is 2.72. The summed E-state index contributed by atoms with van der Waals surface area (Å²) in [6, 6.07) is 5.25. The SMILES string of the molecule is CS(=O)(=O)C[C@]1(c2ccc(F)cc2)OC[C@H](CO)O1. The number of hydrogen-bond donors (Lipinski definition) is 1. The van der Waals surface area contributed by atoms with E-state index in [2.05, 4.69) is 0 Å². The Kier molecular flexibility index (Phi) is 3.91. The number of aliphatic hydroxyl groups is 1. The zero-order valence-corrected chi connectivity index (χ0v) is 11.2. The summed E-state index contributed by atoms with van der Waals surface area (Å²) >= 11 is 0. The van der Waals surface area contributed by atoms with Crippen molar-refractivity contribution in [3.8, 4) is 0 Å². The predicted molar refractivity (Wildman–Crippen MR) is 65.7 cm³/mol. The van der Waals surface area contributed by atoms with Gasteiger partial charge in [0.2, 0.25) is 5.79 Å². The van der Waals surface area contributed by atoms with Crippen molar-refractivity contribution in [3.63, 3.8) is 0 Å². The van der Waals surface area contributed by atoms with Gasteiger partial charge in [0.15, 0.2) is 9.84 Å². The number of aliphatic hydroxyl groups excluding tert-OH is 1. The maximum atomic E-state index is 12.9. The summed E-state index contributed by atoms with van der Waals surface area (Å²) in [6.45, 7) is -0.184. The smallest absolute Gasteiger partial charge is 0.209 e. The number of ether oxygens (including phenoxy) is 2. The van der Waals surface area contributed by atoms with Gasteiger partial charge in [-0.25, -0.2) is 12.8 Å². The number of rotatable bonds is 4. The Bertz CT molecular complexity index is 542. The maximum Gasteiger partial charge on any atom is 0.209 e. The number of benzene rings is 1. The van der Waals surface area contributed by atoms with Crippen LogP contribution in [-0.4, -0.2) is 44.9 Å². The first-order valence-electron chi connectivity index (χ1n) is 5.71. The highest BCUT2D eigenvalue weighted by molar-refractivity contribution is 7.90. The molecule has 2 atom stereocenters. The van der Waals surface area contributed by atoms with E-state index in [0.29, 0.717) is 5.56 Å². The minimum atomic E-state index is -3.38. The molecule has 1 aliphatic rings. The Hall–Kier alpha value is -1.02. The van der Waals surface area contributed by atoms with E-state index >= 15 is 0 Å². The minimum absolute atomic E-state index is 0.0867. The van der Waals surface area contributed by atoms with Crippen LogP contribution >= 0.6 is 0 Å². The fraction of sp³-hybridized carbons (Fsp3) is 0.500. The second-order valence-corrected chi connectivity index (χ2v) is 6.70. The minimum Gasteiger partial charge on any atom is -0.394 e. The number of sulfone groups is 1. The molecule has 0 aromatic heterocycles. The molecule has 1 heterocycles. The molecule has 1 saturated heterocycles. The van der Waals surface area contributed by atoms with E-state index in [-0.39, 0.29) is 19.0 Å². The molecule has 0 spiro atoms. The van der Waals surface area contributed by atoms with Crippen molar-refractivity contribution in [2.75, 3.05) is 25.2 Å². The Morgan fingerprint density at radius 3 is 2.53 bits per heavy atom. The van der Waals surface area contributed by atoms with Gasteiger partial charge >= 0.3 is 0 Å². The average molecular weight is 290 g/mol. The lowest BCUT2D eigenvalue weighted by Gasteiger charge is -2.27. The zero-order chi connectivity index (χ0) is 14.1. The van der Waals surface area contributed by atoms with E-state index in [1.54, 1.807) is 0 Å². The maximum absolute atomic E-state index is 12.9. The van der Waals surface area contributed by atoms with Crippen LogP contribution in [0.1, 0.15) is 5.56 Å². The molecule has 1 aromatic rings. The van der Waals surface area contributed by atoms with Crippen molar-refractivity contribution < 1.29 is 27.4 Å². The fourth-order valence-electron chi connectivity index (χ4n) is 2.01. The summed E-state index contributed by atoms with van der Waals surface area (Å²) in [7, 11) is -3.38. The molecule has 1 aliphatic heterocycles. The van der Waals surface area contributed by atoms with Gasteiger partial charge in [-0.1, -0.05) is 12.1 Å². The van der Waals surface area contributed by atoms with Gasteiger partial charge in [-0.15, -0.1) is 0 Å². The largest absolute Gasteiger partial charge is 0.394 e. The first kappa shape index (κ1) is 14.4. The molecule has 106 valence electrons. The molecule has 0 radical (unpaired) electrons. The normalized spacial score (nSPS) is 27.6. The molecule has 0 amide bonds. The summed E-state index contributed by atoms with van der Waals surface area (Å²) in [4.78, 5) is 0. The fourth-order valence-corrected chi connectivity index (χ4v) is 3.02. The topological polar surface area (TPSA) is 72.8 Å². The lowest BCUT2D eigenvalue weighted by Crippen LogP contribution is -2.36. The summed E-state index contributed by atoms with van der Waals surface area (Å²) in [5.41, 5.74) is 0.412. The van der Waals surface area contributed by atoms with E-state index in [0.717, 1.165) is 6.26 Å². The summed E-state index contributed by atoms with van der Waals surface area (Å²) < 4.78 is 47.0. The first-order valence-corrected chi connectivity index (χ1v) is 7.77. The molecule has 1 N–H and O–H groups in total. The Morgan fingerprint density at radius 1 is 1.42 bits per heavy atom. The predicted octanol–water partition coefficient (Wildman–Crippen LogP) is 0.431. The second kappa shape index (κ2) is 5.16. The molecule has 2 rings (SSSR count). The Labute approximate surface area is 110 Å². The lowest BCUT2D eigenvalue weighted by molar-refractivity contribution is -0.162. The molecular weight excluding hydrogens is 275 g/mol. The quantitative estimate of drug-likeness (QED) is 0.870. The molecule has 0 bridgehead atoms. The summed E-state index contributed by atoms with van der Waals surface area (Å²) in [6.07, 6.45) is 0.476. The van der Waals surface area contributed by atoms with Crippen molar-refractivity contribution >= 4 is 9.84 Å². The van der Waals surface area contributed by atoms with Crippen LogP contribution in [0.5, 0.6) is 0 Å². The Morgan fingerprint density at radius 2 is 2.05 bits per heavy atom. The van der Waals surface area contributed by atoms with Gasteiger partial charge in [0.1, 0.15) is 17.7 Å². The first-order chi connectivity index (χ1) is 8.85. The molecule has 0 aliphatic carbocycles. The molecule has 1 aromatic carbocycles. The van der Waals surface area contributed by atoms with Gasteiger partial charge in [0, 0.05) is 11.8 Å². The second-order valence-electron chi connectivity index (χ2n) is 4.56. The summed E-state index contributed by atoms with van der Waals surface area (Å²) in [5.74, 6) is -2.30. The lowest BCUT2D eigenvalue weighted by atomic mass is 10.1. The van der Waals surface area contributed by atoms with E-state index in [1.165, 1.54) is 24.3 Å². The highest BCUT2D eigenvalue weighted by Crippen LogP contribution is 2.35. The van der Waals surface area contributed by atoms with E-state index in [1.807, 2.05) is 0 Å². The van der Waals surface area contributed by atoms with Crippen molar-refractivity contribution in [3.05, 3.63) is 35.6 Å². The van der Waals surface area contributed by atoms with Crippen LogP contribution in [0.3, 0.4) is 0 Å². The van der Waals surface area contributed by atoms with Crippen LogP contribution in [0, 0.1) is 5.82 Å². The molecule has 0 saturated carbocycles. The van der Waals surface area contributed by atoms with Gasteiger partial charge in [-0.05, 0) is 12.1 Å². The van der Waals surface area contributed by atoms with Crippen molar-refractivity contribution in [1.29, 1.82) is 0 Å². The summed E-state index contributed by atoms with van der Waals surface area (Å²) in [5, 5.41) is 9.07. The monoisotopic (exact) mass is 290 g/mol. The van der Waals surface area contributed by atoms with E-state index < -0.39 is 27.5 Å². The number of halogens is 1. The van der Waals surface area contributed by atoms with Gasteiger partial charge in [-0.3, -0.25) is 0 Å². The zero-order valence-electron chi connectivity index (χ0n) is 10.4. The molecule has 19 heavy (non-hydrogen) atoms. The van der Waals surface area contributed by atoms with Gasteiger partial charge in [0.05, 0.1) is 13.2 Å². The van der Waals surface area contributed by atoms with E-state index in [4.69, 9.17) is 14.6 Å². The van der Waals surface area contributed by atoms with Crippen LogP contribution < -0.4 is 0 Å². The highest BCUT2D eigenvalue weighted by atomic mass is 32.2. The van der Waals surface area contributed by atoms with Crippen LogP contribution in [0.4, 0.5) is 4.39 Å². The van der Waals surface area contributed by atoms with Gasteiger partial charge < -0.3 is 14.6 Å². The standard InChI is InChI=1S/C12H15FO5S/c1-19(15,16)8-12(17-7-11(6-14)18-12)9-2-4-10(13)5-3-9/h2-5,11,14H,6-8H2,1H3/t11-,12-/m0/s1. The molecule has 0 unspecified atom stereocenters. The van der Waals surface area contributed by atoms with Crippen LogP contribution in [0.2, 0.25) is 0 Å². The van der Waals surface area contributed by atoms with Crippen molar-refractivity contribution in [1.82, 2.24) is 0 Å². The third kappa shape index (κ3) is 3.30. The van der Waals surface area contributed by atoms with Crippen molar-refractivity contribution in [2.24, 2.45) is 0 Å². The van der Waals surface area contributed by atoms with E-state index in [9.17, 15) is 12.8 Å². The van der Waals surface area contributed by atoms with Crippen LogP contribution in [0.25, 0.3) is 0 Å². The number of hydrogen-bond acceptors (Lipinski definition) is 5. The van der Waals surface area contributed by atoms with Crippen LogP contribution in [0.15, 0.2) is 24.3 Å². The molecule has 1 fully saturated rings.